The van der Waals surface area contributed by atoms with Crippen LogP contribution in [0.25, 0.3) is 0 Å². The van der Waals surface area contributed by atoms with E-state index in [1.807, 2.05) is 0 Å². The summed E-state index contributed by atoms with van der Waals surface area (Å²) in [5.74, 6) is -0.438. The molecule has 1 aliphatic heterocycles. The third-order valence-electron chi connectivity index (χ3n) is 3.25. The van der Waals surface area contributed by atoms with E-state index in [1.54, 1.807) is 19.1 Å². The van der Waals surface area contributed by atoms with E-state index < -0.39 is 11.4 Å². The fraction of sp³-hybridized carbons (Fsp3) is 0.571. The molecule has 1 saturated heterocycles. The van der Waals surface area contributed by atoms with Gasteiger partial charge in [-0.3, -0.25) is 0 Å². The number of hydrogen-bond donors (Lipinski definition) is 2. The summed E-state index contributed by atoms with van der Waals surface area (Å²) in [7, 11) is 0. The molecule has 2 rings (SSSR count). The van der Waals surface area contributed by atoms with Crippen molar-refractivity contribution in [3.05, 3.63) is 34.6 Å². The van der Waals surface area contributed by atoms with Crippen molar-refractivity contribution >= 4 is 11.6 Å². The number of morpholine rings is 1. The summed E-state index contributed by atoms with van der Waals surface area (Å²) in [5.41, 5.74) is -0.0485. The van der Waals surface area contributed by atoms with Crippen molar-refractivity contribution in [2.75, 3.05) is 19.8 Å². The number of benzene rings is 1. The van der Waals surface area contributed by atoms with Gasteiger partial charge in [-0.05, 0) is 31.0 Å². The molecular formula is C14H19ClFNO2. The average molecular weight is 288 g/mol. The first-order chi connectivity index (χ1) is 8.96. The molecule has 0 amide bonds. The zero-order chi connectivity index (χ0) is 13.9. The van der Waals surface area contributed by atoms with Gasteiger partial charge in [0.05, 0.1) is 23.8 Å². The SMILES string of the molecule is CC(O)(Cc1ccc(F)c(Cl)c1)CC1COCCN1. The summed E-state index contributed by atoms with van der Waals surface area (Å²) in [4.78, 5) is 0. The zero-order valence-corrected chi connectivity index (χ0v) is 11.7. The monoisotopic (exact) mass is 287 g/mol. The van der Waals surface area contributed by atoms with Gasteiger partial charge in [-0.1, -0.05) is 17.7 Å². The van der Waals surface area contributed by atoms with Gasteiger partial charge < -0.3 is 15.2 Å². The van der Waals surface area contributed by atoms with Crippen molar-refractivity contribution in [3.8, 4) is 0 Å². The summed E-state index contributed by atoms with van der Waals surface area (Å²) in [6.45, 7) is 3.91. The van der Waals surface area contributed by atoms with Crippen molar-refractivity contribution in [3.63, 3.8) is 0 Å². The highest BCUT2D eigenvalue weighted by molar-refractivity contribution is 6.30. The summed E-state index contributed by atoms with van der Waals surface area (Å²) < 4.78 is 18.5. The van der Waals surface area contributed by atoms with E-state index in [-0.39, 0.29) is 11.1 Å². The van der Waals surface area contributed by atoms with Crippen LogP contribution in [0.4, 0.5) is 4.39 Å². The summed E-state index contributed by atoms with van der Waals surface area (Å²) in [6, 6.07) is 4.70. The predicted octanol–water partition coefficient (Wildman–Crippen LogP) is 2.15. The number of aliphatic hydroxyl groups is 1. The fourth-order valence-corrected chi connectivity index (χ4v) is 2.65. The zero-order valence-electron chi connectivity index (χ0n) is 11.0. The number of halogens is 2. The third-order valence-corrected chi connectivity index (χ3v) is 3.54. The Labute approximate surface area is 117 Å². The fourth-order valence-electron chi connectivity index (χ4n) is 2.44. The lowest BCUT2D eigenvalue weighted by molar-refractivity contribution is 0.00650. The molecule has 1 aromatic rings. The maximum atomic E-state index is 13.1. The standard InChI is InChI=1S/C14H19ClFNO2/c1-14(18,8-11-9-19-5-4-17-11)7-10-2-3-13(16)12(15)6-10/h2-3,6,11,17-18H,4-5,7-9H2,1H3. The van der Waals surface area contributed by atoms with Crippen LogP contribution in [-0.4, -0.2) is 36.5 Å². The van der Waals surface area contributed by atoms with Gasteiger partial charge in [0.2, 0.25) is 0 Å². The number of nitrogens with one attached hydrogen (secondary N) is 1. The van der Waals surface area contributed by atoms with Gasteiger partial charge in [-0.25, -0.2) is 4.39 Å². The van der Waals surface area contributed by atoms with Gasteiger partial charge in [0, 0.05) is 19.0 Å². The van der Waals surface area contributed by atoms with Gasteiger partial charge in [-0.2, -0.15) is 0 Å². The highest BCUT2D eigenvalue weighted by atomic mass is 35.5. The normalized spacial score (nSPS) is 23.1. The molecule has 0 radical (unpaired) electrons. The summed E-state index contributed by atoms with van der Waals surface area (Å²) in [6.07, 6.45) is 1.02. The van der Waals surface area contributed by atoms with Crippen molar-refractivity contribution in [1.29, 1.82) is 0 Å². The summed E-state index contributed by atoms with van der Waals surface area (Å²) in [5, 5.41) is 13.8. The quantitative estimate of drug-likeness (QED) is 0.892. The molecule has 0 bridgehead atoms. The van der Waals surface area contributed by atoms with E-state index in [0.717, 1.165) is 12.1 Å². The molecule has 0 aromatic heterocycles. The smallest absolute Gasteiger partial charge is 0.141 e. The first kappa shape index (κ1) is 14.7. The highest BCUT2D eigenvalue weighted by Crippen LogP contribution is 2.23. The maximum Gasteiger partial charge on any atom is 0.141 e. The van der Waals surface area contributed by atoms with Crippen LogP contribution >= 0.6 is 11.6 Å². The van der Waals surface area contributed by atoms with Crippen molar-refractivity contribution in [2.45, 2.75) is 31.4 Å². The first-order valence-electron chi connectivity index (χ1n) is 6.44. The topological polar surface area (TPSA) is 41.5 Å². The van der Waals surface area contributed by atoms with Crippen molar-refractivity contribution < 1.29 is 14.2 Å². The van der Waals surface area contributed by atoms with Crippen LogP contribution in [-0.2, 0) is 11.2 Å². The Kier molecular flexibility index (Phi) is 4.79. The van der Waals surface area contributed by atoms with E-state index in [2.05, 4.69) is 5.32 Å². The minimum absolute atomic E-state index is 0.0902. The number of rotatable bonds is 4. The molecular weight excluding hydrogens is 269 g/mol. The van der Waals surface area contributed by atoms with Gasteiger partial charge in [0.25, 0.3) is 0 Å². The molecule has 106 valence electrons. The first-order valence-corrected chi connectivity index (χ1v) is 6.81. The maximum absolute atomic E-state index is 13.1. The Bertz CT molecular complexity index is 433. The minimum Gasteiger partial charge on any atom is -0.390 e. The lowest BCUT2D eigenvalue weighted by Crippen LogP contribution is -2.46. The van der Waals surface area contributed by atoms with Crippen molar-refractivity contribution in [1.82, 2.24) is 5.32 Å². The van der Waals surface area contributed by atoms with Gasteiger partial charge in [0.15, 0.2) is 0 Å². The Balaban J connectivity index is 1.96. The second-order valence-electron chi connectivity index (χ2n) is 5.35. The van der Waals surface area contributed by atoms with E-state index in [0.29, 0.717) is 26.1 Å². The summed E-state index contributed by atoms with van der Waals surface area (Å²) >= 11 is 5.75. The number of ether oxygens (including phenoxy) is 1. The molecule has 19 heavy (non-hydrogen) atoms. The van der Waals surface area contributed by atoms with Crippen LogP contribution < -0.4 is 5.32 Å². The molecule has 1 aromatic carbocycles. The molecule has 0 aliphatic carbocycles. The van der Waals surface area contributed by atoms with Crippen LogP contribution in [0.15, 0.2) is 18.2 Å². The predicted molar refractivity (Wildman–Crippen MR) is 73.0 cm³/mol. The van der Waals surface area contributed by atoms with Crippen LogP contribution in [0.2, 0.25) is 5.02 Å². The highest BCUT2D eigenvalue weighted by Gasteiger charge is 2.27. The molecule has 0 saturated carbocycles. The Morgan fingerprint density at radius 2 is 2.37 bits per heavy atom. The molecule has 1 aliphatic rings. The lowest BCUT2D eigenvalue weighted by atomic mass is 9.90. The van der Waals surface area contributed by atoms with E-state index >= 15 is 0 Å². The molecule has 0 spiro atoms. The molecule has 1 heterocycles. The molecule has 2 unspecified atom stereocenters. The van der Waals surface area contributed by atoms with Crippen molar-refractivity contribution in [2.24, 2.45) is 0 Å². The Morgan fingerprint density at radius 1 is 1.58 bits per heavy atom. The van der Waals surface area contributed by atoms with E-state index in [4.69, 9.17) is 16.3 Å². The number of hydrogen-bond acceptors (Lipinski definition) is 3. The van der Waals surface area contributed by atoms with Crippen LogP contribution in [0.5, 0.6) is 0 Å². The van der Waals surface area contributed by atoms with E-state index in [9.17, 15) is 9.50 Å². The van der Waals surface area contributed by atoms with Crippen LogP contribution in [0.3, 0.4) is 0 Å². The van der Waals surface area contributed by atoms with Gasteiger partial charge in [0.1, 0.15) is 5.82 Å². The Hall–Kier alpha value is -0.680. The van der Waals surface area contributed by atoms with Crippen LogP contribution in [0, 0.1) is 5.82 Å². The molecule has 5 heteroatoms. The molecule has 2 N–H and O–H groups in total. The van der Waals surface area contributed by atoms with Gasteiger partial charge >= 0.3 is 0 Å². The third kappa shape index (κ3) is 4.42. The molecule has 1 fully saturated rings. The van der Waals surface area contributed by atoms with Crippen LogP contribution in [0.1, 0.15) is 18.9 Å². The van der Waals surface area contributed by atoms with E-state index in [1.165, 1.54) is 6.07 Å². The lowest BCUT2D eigenvalue weighted by Gasteiger charge is -2.31. The second kappa shape index (κ2) is 6.18. The Morgan fingerprint density at radius 3 is 3.00 bits per heavy atom. The molecule has 3 nitrogen and oxygen atoms in total. The van der Waals surface area contributed by atoms with Gasteiger partial charge in [-0.15, -0.1) is 0 Å². The second-order valence-corrected chi connectivity index (χ2v) is 5.76. The largest absolute Gasteiger partial charge is 0.390 e. The average Bonchev–Trinajstić information content (AvgIpc) is 2.34. The minimum atomic E-state index is -0.875. The molecule has 2 atom stereocenters.